The van der Waals surface area contributed by atoms with Crippen LogP contribution in [-0.4, -0.2) is 24.1 Å². The van der Waals surface area contributed by atoms with Gasteiger partial charge in [0.25, 0.3) is 0 Å². The van der Waals surface area contributed by atoms with Gasteiger partial charge < -0.3 is 5.32 Å². The van der Waals surface area contributed by atoms with Crippen molar-refractivity contribution < 1.29 is 0 Å². The average molecular weight is 157 g/mol. The normalized spacial score (nSPS) is 40.8. The molecule has 0 aliphatic carbocycles. The second-order valence-corrected chi connectivity index (χ2v) is 4.63. The van der Waals surface area contributed by atoms with Crippen molar-refractivity contribution in [2.24, 2.45) is 5.92 Å². The summed E-state index contributed by atoms with van der Waals surface area (Å²) < 4.78 is 0. The third-order valence-corrected chi connectivity index (χ3v) is 4.16. The summed E-state index contributed by atoms with van der Waals surface area (Å²) in [6.45, 7) is 2.52. The van der Waals surface area contributed by atoms with E-state index in [4.69, 9.17) is 0 Å². The molecule has 0 aromatic heterocycles. The van der Waals surface area contributed by atoms with Gasteiger partial charge in [0, 0.05) is 5.25 Å². The molecule has 0 amide bonds. The molecule has 2 atom stereocenters. The number of hydrogen-bond acceptors (Lipinski definition) is 2. The molecule has 0 bridgehead atoms. The molecule has 2 rings (SSSR count). The maximum Gasteiger partial charge on any atom is 0.00881 e. The average Bonchev–Trinajstić information content (AvgIpc) is 2.28. The monoisotopic (exact) mass is 157 g/mol. The van der Waals surface area contributed by atoms with Crippen molar-refractivity contribution in [1.82, 2.24) is 5.32 Å². The lowest BCUT2D eigenvalue weighted by Crippen LogP contribution is -2.14. The van der Waals surface area contributed by atoms with Crippen molar-refractivity contribution in [2.45, 2.75) is 24.5 Å². The van der Waals surface area contributed by atoms with Crippen molar-refractivity contribution in [3.8, 4) is 0 Å². The summed E-state index contributed by atoms with van der Waals surface area (Å²) in [6, 6.07) is 0. The van der Waals surface area contributed by atoms with Gasteiger partial charge in [-0.3, -0.25) is 0 Å². The van der Waals surface area contributed by atoms with Crippen LogP contribution < -0.4 is 5.32 Å². The predicted molar refractivity (Wildman–Crippen MR) is 46.5 cm³/mol. The van der Waals surface area contributed by atoms with E-state index in [1.807, 2.05) is 0 Å². The Labute approximate surface area is 67.0 Å². The summed E-state index contributed by atoms with van der Waals surface area (Å²) in [5.74, 6) is 2.48. The van der Waals surface area contributed by atoms with Gasteiger partial charge in [0.15, 0.2) is 0 Å². The summed E-state index contributed by atoms with van der Waals surface area (Å²) in [4.78, 5) is 0. The summed E-state index contributed by atoms with van der Waals surface area (Å²) in [5, 5.41) is 4.47. The lowest BCUT2D eigenvalue weighted by atomic mass is 9.98. The number of nitrogens with one attached hydrogen (secondary N) is 1. The molecule has 2 unspecified atom stereocenters. The minimum Gasteiger partial charge on any atom is -0.317 e. The van der Waals surface area contributed by atoms with E-state index >= 15 is 0 Å². The molecule has 0 saturated carbocycles. The standard InChI is InChI=1S/C8H15NS/c1-4-9-5-2-8-7(1)3-6-10-8/h7-9H,1-6H2. The van der Waals surface area contributed by atoms with E-state index in [2.05, 4.69) is 17.1 Å². The van der Waals surface area contributed by atoms with Crippen LogP contribution in [-0.2, 0) is 0 Å². The summed E-state index contributed by atoms with van der Waals surface area (Å²) in [5.41, 5.74) is 0. The highest BCUT2D eigenvalue weighted by atomic mass is 32.2. The van der Waals surface area contributed by atoms with E-state index < -0.39 is 0 Å². The van der Waals surface area contributed by atoms with Crippen LogP contribution >= 0.6 is 11.8 Å². The molecule has 2 heterocycles. The van der Waals surface area contributed by atoms with Crippen LogP contribution in [0.1, 0.15) is 19.3 Å². The van der Waals surface area contributed by atoms with Crippen molar-refractivity contribution in [3.05, 3.63) is 0 Å². The number of hydrogen-bond donors (Lipinski definition) is 1. The number of rotatable bonds is 0. The van der Waals surface area contributed by atoms with Crippen molar-refractivity contribution >= 4 is 11.8 Å². The van der Waals surface area contributed by atoms with Gasteiger partial charge in [0.2, 0.25) is 0 Å². The number of fused-ring (bicyclic) bond motifs is 1. The van der Waals surface area contributed by atoms with Gasteiger partial charge >= 0.3 is 0 Å². The zero-order chi connectivity index (χ0) is 6.81. The van der Waals surface area contributed by atoms with E-state index in [1.54, 1.807) is 0 Å². The third-order valence-electron chi connectivity index (χ3n) is 2.64. The second-order valence-electron chi connectivity index (χ2n) is 3.29. The van der Waals surface area contributed by atoms with Crippen molar-refractivity contribution in [2.75, 3.05) is 18.8 Å². The molecule has 0 radical (unpaired) electrons. The van der Waals surface area contributed by atoms with Gasteiger partial charge in [-0.15, -0.1) is 0 Å². The van der Waals surface area contributed by atoms with Gasteiger partial charge in [-0.05, 0) is 44.0 Å². The summed E-state index contributed by atoms with van der Waals surface area (Å²) >= 11 is 2.20. The lowest BCUT2D eigenvalue weighted by Gasteiger charge is -2.12. The van der Waals surface area contributed by atoms with Gasteiger partial charge in [0.1, 0.15) is 0 Å². The fraction of sp³-hybridized carbons (Fsp3) is 1.00. The highest BCUT2D eigenvalue weighted by Gasteiger charge is 2.28. The van der Waals surface area contributed by atoms with E-state index in [1.165, 1.54) is 38.1 Å². The first-order valence-corrected chi connectivity index (χ1v) is 5.34. The first-order valence-electron chi connectivity index (χ1n) is 4.29. The summed E-state index contributed by atoms with van der Waals surface area (Å²) in [7, 11) is 0. The Morgan fingerprint density at radius 3 is 3.00 bits per heavy atom. The molecule has 0 spiro atoms. The van der Waals surface area contributed by atoms with Crippen LogP contribution in [0.2, 0.25) is 0 Å². The topological polar surface area (TPSA) is 12.0 Å². The molecule has 10 heavy (non-hydrogen) atoms. The van der Waals surface area contributed by atoms with E-state index in [-0.39, 0.29) is 0 Å². The first-order chi connectivity index (χ1) is 4.97. The minimum atomic E-state index is 1.01. The maximum absolute atomic E-state index is 3.46. The second kappa shape index (κ2) is 3.14. The molecule has 2 aliphatic heterocycles. The summed E-state index contributed by atoms with van der Waals surface area (Å²) in [6.07, 6.45) is 4.32. The van der Waals surface area contributed by atoms with Crippen LogP contribution in [0.25, 0.3) is 0 Å². The molecule has 2 aliphatic rings. The highest BCUT2D eigenvalue weighted by molar-refractivity contribution is 8.00. The van der Waals surface area contributed by atoms with E-state index in [0.717, 1.165) is 11.2 Å². The SMILES string of the molecule is C1CC2CCSC2CCN1. The highest BCUT2D eigenvalue weighted by Crippen LogP contribution is 2.36. The first kappa shape index (κ1) is 6.99. The molecule has 2 saturated heterocycles. The Morgan fingerprint density at radius 1 is 1.10 bits per heavy atom. The van der Waals surface area contributed by atoms with E-state index in [0.29, 0.717) is 0 Å². The molecular formula is C8H15NS. The molecule has 58 valence electrons. The Balaban J connectivity index is 1.95. The fourth-order valence-electron chi connectivity index (χ4n) is 2.00. The van der Waals surface area contributed by atoms with Crippen LogP contribution in [0, 0.1) is 5.92 Å². The Bertz CT molecular complexity index is 104. The molecule has 0 aromatic carbocycles. The van der Waals surface area contributed by atoms with Gasteiger partial charge in [-0.1, -0.05) is 0 Å². The fourth-order valence-corrected chi connectivity index (χ4v) is 3.57. The molecule has 2 fully saturated rings. The van der Waals surface area contributed by atoms with Gasteiger partial charge in [-0.25, -0.2) is 0 Å². The van der Waals surface area contributed by atoms with Crippen LogP contribution in [0.3, 0.4) is 0 Å². The maximum atomic E-state index is 3.46. The Morgan fingerprint density at radius 2 is 2.00 bits per heavy atom. The predicted octanol–water partition coefficient (Wildman–Crippen LogP) is 1.49. The molecular weight excluding hydrogens is 142 g/mol. The van der Waals surface area contributed by atoms with Crippen LogP contribution in [0.15, 0.2) is 0 Å². The third kappa shape index (κ3) is 1.32. The number of thioether (sulfide) groups is 1. The minimum absolute atomic E-state index is 1.01. The van der Waals surface area contributed by atoms with Crippen molar-refractivity contribution in [3.63, 3.8) is 0 Å². The van der Waals surface area contributed by atoms with Gasteiger partial charge in [-0.2, -0.15) is 11.8 Å². The Hall–Kier alpha value is 0.310. The molecule has 1 N–H and O–H groups in total. The quantitative estimate of drug-likeness (QED) is 0.572. The van der Waals surface area contributed by atoms with Crippen LogP contribution in [0.4, 0.5) is 0 Å². The molecule has 2 heteroatoms. The molecule has 0 aromatic rings. The van der Waals surface area contributed by atoms with E-state index in [9.17, 15) is 0 Å². The smallest absolute Gasteiger partial charge is 0.00881 e. The van der Waals surface area contributed by atoms with Crippen molar-refractivity contribution in [1.29, 1.82) is 0 Å². The Kier molecular flexibility index (Phi) is 2.19. The van der Waals surface area contributed by atoms with Crippen LogP contribution in [0.5, 0.6) is 0 Å². The van der Waals surface area contributed by atoms with Gasteiger partial charge in [0.05, 0.1) is 0 Å². The zero-order valence-corrected chi connectivity index (χ0v) is 7.12. The largest absolute Gasteiger partial charge is 0.317 e. The molecule has 1 nitrogen and oxygen atoms in total. The zero-order valence-electron chi connectivity index (χ0n) is 6.31. The lowest BCUT2D eigenvalue weighted by molar-refractivity contribution is 0.494.